The fourth-order valence-electron chi connectivity index (χ4n) is 20.2. The first-order chi connectivity index (χ1) is 60.4. The van der Waals surface area contributed by atoms with Crippen LogP contribution in [0.3, 0.4) is 0 Å². The van der Waals surface area contributed by atoms with Crippen LogP contribution in [0.15, 0.2) is 432 Å². The van der Waals surface area contributed by atoms with Crippen LogP contribution in [0.25, 0.3) is 177 Å². The summed E-state index contributed by atoms with van der Waals surface area (Å²) in [6.07, 6.45) is 0. The first-order valence-electron chi connectivity index (χ1n) is 41.5. The number of para-hydroxylation sites is 1. The molecule has 0 atom stereocenters. The summed E-state index contributed by atoms with van der Waals surface area (Å²) in [5.74, 6) is 0.725. The number of hydrogen-bond donors (Lipinski definition) is 0. The van der Waals surface area contributed by atoms with Gasteiger partial charge < -0.3 is 0 Å². The van der Waals surface area contributed by atoms with E-state index in [9.17, 15) is 0 Å². The highest BCUT2D eigenvalue weighted by molar-refractivity contribution is 7.99. The van der Waals surface area contributed by atoms with E-state index >= 15 is 0 Å². The largest absolute Gasteiger partial charge is 0.247 e. The van der Waals surface area contributed by atoms with Gasteiger partial charge in [0.05, 0.1) is 66.9 Å². The summed E-state index contributed by atoms with van der Waals surface area (Å²) in [5, 5.41) is 10.1. The van der Waals surface area contributed by atoms with Crippen LogP contribution in [-0.2, 0) is 10.8 Å². The average molecular weight is 1590 g/mol. The molecular weight excluding hydrogens is 1520 g/mol. The van der Waals surface area contributed by atoms with E-state index in [4.69, 9.17) is 29.9 Å². The van der Waals surface area contributed by atoms with Gasteiger partial charge in [-0.3, -0.25) is 0 Å². The van der Waals surface area contributed by atoms with Crippen LogP contribution in [0.1, 0.15) is 44.5 Å². The summed E-state index contributed by atoms with van der Waals surface area (Å²) in [7, 11) is 0. The molecule has 2 aliphatic heterocycles. The van der Waals surface area contributed by atoms with E-state index in [1.165, 1.54) is 97.1 Å². The molecule has 0 unspecified atom stereocenters. The molecular formula is C114H68N6S2. The Morgan fingerprint density at radius 2 is 0.533 bits per heavy atom. The van der Waals surface area contributed by atoms with Gasteiger partial charge in [0, 0.05) is 90.7 Å². The number of aromatic nitrogens is 6. The lowest BCUT2D eigenvalue weighted by molar-refractivity contribution is 0.724. The SMILES string of the molecule is c1ccc(-c2ccc3ccc4ccc(-c5ccc6nc(-c7ccccc7)c7cc8c(cc7c6c5)C5(c6ccccc6S8)c6ccccc6-c6ccccc65)nc4c3n2)cc1.c1ccc(-c2nc(-c3ccc(-c4ccc5nc(-c6ccccc6)c6cc7c(cc6c5c4)C4(c5ccccc5S7)c5ccccc5-c5ccccc54)cc3)c3ccccc3n2)cc1. The van der Waals surface area contributed by atoms with Gasteiger partial charge in [0.2, 0.25) is 0 Å². The van der Waals surface area contributed by atoms with Gasteiger partial charge in [0.25, 0.3) is 0 Å². The van der Waals surface area contributed by atoms with Gasteiger partial charge in [-0.05, 0) is 168 Å². The van der Waals surface area contributed by atoms with Gasteiger partial charge in [0.1, 0.15) is 0 Å². The molecule has 17 aromatic carbocycles. The predicted molar refractivity (Wildman–Crippen MR) is 503 cm³/mol. The minimum atomic E-state index is -0.481. The average Bonchev–Trinajstić information content (AvgIpc) is 1.49. The summed E-state index contributed by atoms with van der Waals surface area (Å²) in [4.78, 5) is 36.6. The minimum Gasteiger partial charge on any atom is -0.247 e. The van der Waals surface area contributed by atoms with Crippen molar-refractivity contribution in [3.8, 4) is 101 Å². The zero-order valence-electron chi connectivity index (χ0n) is 65.8. The number of fused-ring (bicyclic) bond motifs is 28. The quantitative estimate of drug-likeness (QED) is 0.146. The second kappa shape index (κ2) is 27.8. The lowest BCUT2D eigenvalue weighted by atomic mass is 9.67. The fraction of sp³-hybridized carbons (Fsp3) is 0.0175. The van der Waals surface area contributed by atoms with Crippen molar-refractivity contribution in [3.05, 3.63) is 457 Å². The van der Waals surface area contributed by atoms with Crippen LogP contribution in [0.4, 0.5) is 0 Å². The fourth-order valence-corrected chi connectivity index (χ4v) is 22.6. The Hall–Kier alpha value is -15.1. The molecule has 2 spiro atoms. The lowest BCUT2D eigenvalue weighted by Gasteiger charge is -2.40. The highest BCUT2D eigenvalue weighted by atomic mass is 32.2. The Morgan fingerprint density at radius 3 is 1.02 bits per heavy atom. The van der Waals surface area contributed by atoms with Crippen LogP contribution in [-0.4, -0.2) is 29.9 Å². The number of rotatable bonds is 7. The highest BCUT2D eigenvalue weighted by Gasteiger charge is 2.52. The van der Waals surface area contributed by atoms with Crippen LogP contribution in [0.2, 0.25) is 0 Å². The van der Waals surface area contributed by atoms with Gasteiger partial charge in [-0.25, -0.2) is 29.9 Å². The molecule has 8 heteroatoms. The Kier molecular flexibility index (Phi) is 15.9. The summed E-state index contributed by atoms with van der Waals surface area (Å²) in [5.41, 5.74) is 33.0. The van der Waals surface area contributed by atoms with Crippen molar-refractivity contribution in [1.82, 2.24) is 29.9 Å². The Morgan fingerprint density at radius 1 is 0.180 bits per heavy atom. The van der Waals surface area contributed by atoms with Crippen molar-refractivity contribution in [2.45, 2.75) is 30.4 Å². The summed E-state index contributed by atoms with van der Waals surface area (Å²) >= 11 is 3.75. The number of benzene rings is 17. The van der Waals surface area contributed by atoms with Crippen molar-refractivity contribution in [1.29, 1.82) is 0 Å². The molecule has 0 saturated heterocycles. The lowest BCUT2D eigenvalue weighted by Crippen LogP contribution is -2.32. The molecule has 22 aromatic rings. The first kappa shape index (κ1) is 70.0. The first-order valence-corrected chi connectivity index (χ1v) is 43.2. The number of hydrogen-bond acceptors (Lipinski definition) is 8. The van der Waals surface area contributed by atoms with Gasteiger partial charge in [-0.15, -0.1) is 0 Å². The molecule has 2 aliphatic carbocycles. The van der Waals surface area contributed by atoms with E-state index in [1.54, 1.807) is 0 Å². The highest BCUT2D eigenvalue weighted by Crippen LogP contribution is 2.65. The molecule has 0 N–H and O–H groups in total. The Bertz CT molecular complexity index is 8050. The van der Waals surface area contributed by atoms with Gasteiger partial charge in [-0.2, -0.15) is 0 Å². The van der Waals surface area contributed by atoms with Crippen molar-refractivity contribution in [3.63, 3.8) is 0 Å². The Labute approximate surface area is 712 Å². The van der Waals surface area contributed by atoms with Crippen LogP contribution >= 0.6 is 23.5 Å². The predicted octanol–water partition coefficient (Wildman–Crippen LogP) is 29.1. The van der Waals surface area contributed by atoms with Crippen molar-refractivity contribution < 1.29 is 0 Å². The van der Waals surface area contributed by atoms with Gasteiger partial charge in [-0.1, -0.05) is 357 Å². The molecule has 566 valence electrons. The van der Waals surface area contributed by atoms with Crippen LogP contribution < -0.4 is 0 Å². The van der Waals surface area contributed by atoms with Crippen molar-refractivity contribution in [2.75, 3.05) is 0 Å². The molecule has 0 radical (unpaired) electrons. The molecule has 5 aromatic heterocycles. The van der Waals surface area contributed by atoms with E-state index in [2.05, 4.69) is 382 Å². The van der Waals surface area contributed by atoms with E-state index in [-0.39, 0.29) is 0 Å². The summed E-state index contributed by atoms with van der Waals surface area (Å²) < 4.78 is 0. The topological polar surface area (TPSA) is 77.3 Å². The summed E-state index contributed by atoms with van der Waals surface area (Å²) in [6, 6.07) is 149. The second-order valence-electron chi connectivity index (χ2n) is 32.1. The zero-order chi connectivity index (χ0) is 80.1. The number of pyridine rings is 4. The van der Waals surface area contributed by atoms with Gasteiger partial charge >= 0.3 is 0 Å². The smallest absolute Gasteiger partial charge is 0.160 e. The monoisotopic (exact) mass is 1580 g/mol. The molecule has 122 heavy (non-hydrogen) atoms. The Balaban J connectivity index is 0.000000134. The maximum absolute atomic E-state index is 5.46. The van der Waals surface area contributed by atoms with E-state index in [0.29, 0.717) is 0 Å². The third kappa shape index (κ3) is 10.7. The summed E-state index contributed by atoms with van der Waals surface area (Å²) in [6.45, 7) is 0. The number of nitrogens with zero attached hydrogens (tertiary/aromatic N) is 6. The van der Waals surface area contributed by atoms with Crippen molar-refractivity contribution >= 4 is 99.6 Å². The molecule has 0 amide bonds. The van der Waals surface area contributed by atoms with E-state index < -0.39 is 10.8 Å². The standard InChI is InChI=1S/C58H35N3S.C56H33N3S/c1-3-15-37(16-4-1)56-46-35-54-50(58(49-24-12-14-26-53(49)62-54)47-22-10-7-19-41(47)42-20-8-11-23-48(42)58)34-44(46)45-33-40(31-32-52(45)59-56)36-27-29-38(30-28-36)55-43-21-9-13-25-51(43)60-57(61-55)39-17-5-2-6-18-39;1-3-13-34(14-4-1)48-28-25-36-23-24-37-26-29-49(58-55(37)54(36)57-48)38-27-30-50-42(31-38)41-32-47-52(33-43(41)53(59-50)35-15-5-2-6-16-35)60-51-22-12-11-21-46(51)56(47)44-19-9-7-17-39(44)40-18-8-10-20-45(40)56/h1-35H;1-33H. The van der Waals surface area contributed by atoms with Crippen LogP contribution in [0.5, 0.6) is 0 Å². The molecule has 0 fully saturated rings. The maximum Gasteiger partial charge on any atom is 0.160 e. The normalized spacial score (nSPS) is 13.3. The molecule has 6 nitrogen and oxygen atoms in total. The minimum absolute atomic E-state index is 0.472. The van der Waals surface area contributed by atoms with Gasteiger partial charge in [0.15, 0.2) is 5.82 Å². The van der Waals surface area contributed by atoms with E-state index in [0.717, 1.165) is 144 Å². The second-order valence-corrected chi connectivity index (χ2v) is 34.3. The molecule has 0 saturated carbocycles. The molecule has 4 aliphatic rings. The zero-order valence-corrected chi connectivity index (χ0v) is 67.4. The van der Waals surface area contributed by atoms with E-state index in [1.807, 2.05) is 53.9 Å². The molecule has 0 bridgehead atoms. The maximum atomic E-state index is 5.46. The molecule has 7 heterocycles. The third-order valence-electron chi connectivity index (χ3n) is 25.6. The molecule has 26 rings (SSSR count). The third-order valence-corrected chi connectivity index (χ3v) is 27.9. The van der Waals surface area contributed by atoms with Crippen molar-refractivity contribution in [2.24, 2.45) is 0 Å². The van der Waals surface area contributed by atoms with Crippen LogP contribution in [0, 0.1) is 0 Å².